The van der Waals surface area contributed by atoms with Crippen molar-refractivity contribution in [1.29, 1.82) is 0 Å². The smallest absolute Gasteiger partial charge is 0.276 e. The van der Waals surface area contributed by atoms with E-state index in [9.17, 15) is 4.79 Å². The van der Waals surface area contributed by atoms with Gasteiger partial charge >= 0.3 is 0 Å². The zero-order chi connectivity index (χ0) is 9.84. The second kappa shape index (κ2) is 3.84. The zero-order valence-corrected chi connectivity index (χ0v) is 7.88. The molecule has 0 spiro atoms. The van der Waals surface area contributed by atoms with Gasteiger partial charge in [-0.15, -0.1) is 0 Å². The lowest BCUT2D eigenvalue weighted by atomic mass is 10.4. The first-order valence-electron chi connectivity index (χ1n) is 4.17. The second-order valence-electron chi connectivity index (χ2n) is 2.28. The zero-order valence-electron chi connectivity index (χ0n) is 7.88. The van der Waals surface area contributed by atoms with Crippen molar-refractivity contribution in [2.45, 2.75) is 20.8 Å². The van der Waals surface area contributed by atoms with Crippen LogP contribution in [0.3, 0.4) is 0 Å². The minimum absolute atomic E-state index is 0.176. The van der Waals surface area contributed by atoms with E-state index in [4.69, 9.17) is 0 Å². The topological polar surface area (TPSA) is 74.4 Å². The molecule has 0 aliphatic heterocycles. The molecule has 0 aliphatic carbocycles. The standard InChI is InChI=1S/C6H6N4O.C2H6/c1-3-8-4-2-7-10-5(4)6(11)9-3;1-2/h2H,1H3,(H,7,10)(H,8,9,11);1-2H3. The van der Waals surface area contributed by atoms with E-state index in [1.54, 1.807) is 6.92 Å². The van der Waals surface area contributed by atoms with Crippen molar-refractivity contribution in [1.82, 2.24) is 20.2 Å². The van der Waals surface area contributed by atoms with Crippen molar-refractivity contribution in [2.75, 3.05) is 0 Å². The molecular weight excluding hydrogens is 168 g/mol. The molecule has 0 radical (unpaired) electrons. The number of hydrogen-bond acceptors (Lipinski definition) is 3. The molecular formula is C8H12N4O. The molecule has 70 valence electrons. The summed E-state index contributed by atoms with van der Waals surface area (Å²) >= 11 is 0. The summed E-state index contributed by atoms with van der Waals surface area (Å²) in [5.74, 6) is 0.601. The predicted molar refractivity (Wildman–Crippen MR) is 50.6 cm³/mol. The van der Waals surface area contributed by atoms with Gasteiger partial charge in [0, 0.05) is 0 Å². The number of hydrogen-bond donors (Lipinski definition) is 2. The van der Waals surface area contributed by atoms with E-state index in [0.717, 1.165) is 0 Å². The van der Waals surface area contributed by atoms with Gasteiger partial charge in [0.05, 0.1) is 6.20 Å². The third-order valence-electron chi connectivity index (χ3n) is 1.43. The molecule has 2 aromatic heterocycles. The largest absolute Gasteiger partial charge is 0.309 e. The van der Waals surface area contributed by atoms with E-state index in [0.29, 0.717) is 16.9 Å². The number of aromatic nitrogens is 4. The van der Waals surface area contributed by atoms with Gasteiger partial charge in [0.15, 0.2) is 0 Å². The highest BCUT2D eigenvalue weighted by atomic mass is 16.1. The molecule has 0 aliphatic rings. The van der Waals surface area contributed by atoms with Gasteiger partial charge in [0.25, 0.3) is 5.56 Å². The van der Waals surface area contributed by atoms with Gasteiger partial charge in [-0.25, -0.2) is 4.98 Å². The van der Waals surface area contributed by atoms with Crippen LogP contribution in [0.4, 0.5) is 0 Å². The van der Waals surface area contributed by atoms with Gasteiger partial charge in [-0.05, 0) is 6.92 Å². The van der Waals surface area contributed by atoms with E-state index in [1.807, 2.05) is 13.8 Å². The first-order chi connectivity index (χ1) is 6.27. The van der Waals surface area contributed by atoms with Gasteiger partial charge in [0.1, 0.15) is 16.9 Å². The Morgan fingerprint density at radius 1 is 1.38 bits per heavy atom. The molecule has 2 rings (SSSR count). The average molecular weight is 180 g/mol. The molecule has 2 aromatic rings. The van der Waals surface area contributed by atoms with Crippen molar-refractivity contribution in [3.8, 4) is 0 Å². The Labute approximate surface area is 75.2 Å². The highest BCUT2D eigenvalue weighted by Crippen LogP contribution is 1.99. The Morgan fingerprint density at radius 3 is 2.77 bits per heavy atom. The summed E-state index contributed by atoms with van der Waals surface area (Å²) in [4.78, 5) is 17.7. The summed E-state index contributed by atoms with van der Waals surface area (Å²) < 4.78 is 0. The third-order valence-corrected chi connectivity index (χ3v) is 1.43. The molecule has 0 fully saturated rings. The Bertz CT molecular complexity index is 443. The summed E-state index contributed by atoms with van der Waals surface area (Å²) in [6.45, 7) is 5.73. The molecule has 0 atom stereocenters. The van der Waals surface area contributed by atoms with E-state index < -0.39 is 0 Å². The summed E-state index contributed by atoms with van der Waals surface area (Å²) in [5.41, 5.74) is 0.854. The number of nitrogens with one attached hydrogen (secondary N) is 2. The predicted octanol–water partition coefficient (Wildman–Crippen LogP) is 0.981. The van der Waals surface area contributed by atoms with Crippen LogP contribution in [0.15, 0.2) is 11.0 Å². The maximum absolute atomic E-state index is 11.1. The maximum Gasteiger partial charge on any atom is 0.276 e. The van der Waals surface area contributed by atoms with Crippen LogP contribution in [0.5, 0.6) is 0 Å². The van der Waals surface area contributed by atoms with Crippen LogP contribution in [0.25, 0.3) is 11.0 Å². The molecule has 0 bridgehead atoms. The quantitative estimate of drug-likeness (QED) is 0.634. The van der Waals surface area contributed by atoms with Crippen molar-refractivity contribution in [3.05, 3.63) is 22.4 Å². The first kappa shape index (κ1) is 9.44. The van der Waals surface area contributed by atoms with Crippen molar-refractivity contribution < 1.29 is 0 Å². The van der Waals surface area contributed by atoms with Crippen molar-refractivity contribution in [2.24, 2.45) is 0 Å². The minimum atomic E-state index is -0.176. The number of nitrogens with zero attached hydrogens (tertiary/aromatic N) is 2. The summed E-state index contributed by atoms with van der Waals surface area (Å²) in [6.07, 6.45) is 1.53. The molecule has 0 aromatic carbocycles. The lowest BCUT2D eigenvalue weighted by Gasteiger charge is -1.89. The second-order valence-corrected chi connectivity index (χ2v) is 2.28. The van der Waals surface area contributed by atoms with E-state index >= 15 is 0 Å². The number of aromatic amines is 2. The summed E-state index contributed by atoms with van der Waals surface area (Å²) in [5, 5.41) is 6.25. The molecule has 5 heteroatoms. The Morgan fingerprint density at radius 2 is 2.08 bits per heavy atom. The van der Waals surface area contributed by atoms with Crippen molar-refractivity contribution >= 4 is 11.0 Å². The van der Waals surface area contributed by atoms with Gasteiger partial charge in [-0.2, -0.15) is 5.10 Å². The maximum atomic E-state index is 11.1. The molecule has 0 amide bonds. The van der Waals surface area contributed by atoms with E-state index in [1.165, 1.54) is 6.20 Å². The average Bonchev–Trinajstić information content (AvgIpc) is 2.55. The lowest BCUT2D eigenvalue weighted by molar-refractivity contribution is 1.05. The van der Waals surface area contributed by atoms with Crippen LogP contribution in [0.2, 0.25) is 0 Å². The third kappa shape index (κ3) is 1.74. The summed E-state index contributed by atoms with van der Waals surface area (Å²) in [6, 6.07) is 0. The van der Waals surface area contributed by atoms with Crippen molar-refractivity contribution in [3.63, 3.8) is 0 Å². The molecule has 0 saturated carbocycles. The van der Waals surface area contributed by atoms with E-state index in [-0.39, 0.29) is 5.56 Å². The first-order valence-corrected chi connectivity index (χ1v) is 4.17. The Kier molecular flexibility index (Phi) is 2.79. The van der Waals surface area contributed by atoms with Gasteiger partial charge in [-0.3, -0.25) is 9.89 Å². The van der Waals surface area contributed by atoms with Crippen LogP contribution < -0.4 is 5.56 Å². The van der Waals surface area contributed by atoms with Gasteiger partial charge in [0.2, 0.25) is 0 Å². The van der Waals surface area contributed by atoms with Crippen LogP contribution in [-0.4, -0.2) is 20.2 Å². The minimum Gasteiger partial charge on any atom is -0.309 e. The number of fused-ring (bicyclic) bond motifs is 1. The van der Waals surface area contributed by atoms with Crippen LogP contribution in [-0.2, 0) is 0 Å². The molecule has 13 heavy (non-hydrogen) atoms. The fourth-order valence-electron chi connectivity index (χ4n) is 0.967. The molecule has 2 heterocycles. The van der Waals surface area contributed by atoms with Gasteiger partial charge < -0.3 is 4.98 Å². The molecule has 0 saturated heterocycles. The number of aryl methyl sites for hydroxylation is 1. The van der Waals surface area contributed by atoms with Crippen LogP contribution in [0, 0.1) is 6.92 Å². The molecule has 2 N–H and O–H groups in total. The van der Waals surface area contributed by atoms with Gasteiger partial charge in [-0.1, -0.05) is 13.8 Å². The number of H-pyrrole nitrogens is 2. The fraction of sp³-hybridized carbons (Fsp3) is 0.375. The Hall–Kier alpha value is -1.65. The summed E-state index contributed by atoms with van der Waals surface area (Å²) in [7, 11) is 0. The highest BCUT2D eigenvalue weighted by molar-refractivity contribution is 5.71. The lowest BCUT2D eigenvalue weighted by Crippen LogP contribution is -2.08. The van der Waals surface area contributed by atoms with Crippen LogP contribution >= 0.6 is 0 Å². The molecule has 0 unspecified atom stereocenters. The normalized spacial score (nSPS) is 9.46. The monoisotopic (exact) mass is 180 g/mol. The van der Waals surface area contributed by atoms with E-state index in [2.05, 4.69) is 20.2 Å². The number of rotatable bonds is 0. The highest BCUT2D eigenvalue weighted by Gasteiger charge is 2.00. The SMILES string of the molecule is CC.Cc1nc2cn[nH]c2c(=O)[nH]1. The fourth-order valence-corrected chi connectivity index (χ4v) is 0.967. The van der Waals surface area contributed by atoms with Crippen LogP contribution in [0.1, 0.15) is 19.7 Å². The molecule has 5 nitrogen and oxygen atoms in total. The Balaban J connectivity index is 0.000000396.